The second-order valence-corrected chi connectivity index (χ2v) is 8.94. The number of carbonyl (C=O) groups excluding carboxylic acids is 1. The predicted molar refractivity (Wildman–Crippen MR) is 130 cm³/mol. The summed E-state index contributed by atoms with van der Waals surface area (Å²) in [6.07, 6.45) is 6.55. The fourth-order valence-electron chi connectivity index (χ4n) is 4.89. The molecule has 0 radical (unpaired) electrons. The molecule has 7 nitrogen and oxygen atoms in total. The molecule has 1 fully saturated rings. The average molecular weight is 493 g/mol. The zero-order chi connectivity index (χ0) is 25.2. The van der Waals surface area contributed by atoms with Crippen molar-refractivity contribution in [1.29, 1.82) is 0 Å². The number of imidazole rings is 1. The normalized spacial score (nSPS) is 17.8. The van der Waals surface area contributed by atoms with Crippen molar-refractivity contribution < 1.29 is 23.0 Å². The van der Waals surface area contributed by atoms with Crippen LogP contribution in [0.3, 0.4) is 0 Å². The van der Waals surface area contributed by atoms with Crippen LogP contribution in [0.1, 0.15) is 43.0 Å². The molecule has 0 atom stereocenters. The van der Waals surface area contributed by atoms with Crippen molar-refractivity contribution in [3.63, 3.8) is 0 Å². The molecule has 2 N–H and O–H groups in total. The Morgan fingerprint density at radius 2 is 1.83 bits per heavy atom. The minimum atomic E-state index is -0.656. The zero-order valence-electron chi connectivity index (χ0n) is 19.8. The van der Waals surface area contributed by atoms with Gasteiger partial charge in [-0.1, -0.05) is 18.2 Å². The van der Waals surface area contributed by atoms with Gasteiger partial charge in [-0.05, 0) is 49.9 Å². The van der Waals surface area contributed by atoms with Gasteiger partial charge in [0.1, 0.15) is 46.8 Å². The molecule has 2 aromatic heterocycles. The van der Waals surface area contributed by atoms with Crippen LogP contribution in [0, 0.1) is 17.6 Å². The third-order valence-corrected chi connectivity index (χ3v) is 6.79. The van der Waals surface area contributed by atoms with Crippen LogP contribution in [0.2, 0.25) is 0 Å². The third-order valence-electron chi connectivity index (χ3n) is 6.79. The molecule has 0 aliphatic heterocycles. The van der Waals surface area contributed by atoms with Crippen molar-refractivity contribution in [2.75, 3.05) is 12.8 Å². The monoisotopic (exact) mass is 492 g/mol. The molecule has 0 bridgehead atoms. The number of carbonyl (C=O) groups is 1. The van der Waals surface area contributed by atoms with E-state index in [1.54, 1.807) is 24.4 Å². The van der Waals surface area contributed by atoms with Crippen molar-refractivity contribution in [1.82, 2.24) is 14.4 Å². The molecule has 1 saturated carbocycles. The van der Waals surface area contributed by atoms with E-state index in [-0.39, 0.29) is 30.0 Å². The highest BCUT2D eigenvalue weighted by molar-refractivity contribution is 5.85. The van der Waals surface area contributed by atoms with Gasteiger partial charge in [-0.3, -0.25) is 9.20 Å². The van der Waals surface area contributed by atoms with Crippen molar-refractivity contribution in [2.45, 2.75) is 38.2 Å². The fourth-order valence-corrected chi connectivity index (χ4v) is 4.89. The van der Waals surface area contributed by atoms with Crippen molar-refractivity contribution in [3.8, 4) is 17.0 Å². The molecule has 1 aliphatic carbocycles. The van der Waals surface area contributed by atoms with Gasteiger partial charge in [0, 0.05) is 23.9 Å². The summed E-state index contributed by atoms with van der Waals surface area (Å²) in [6, 6.07) is 10.9. The van der Waals surface area contributed by atoms with Crippen molar-refractivity contribution in [3.05, 3.63) is 77.9 Å². The quantitative estimate of drug-likeness (QED) is 0.368. The molecule has 0 unspecified atom stereocenters. The molecule has 36 heavy (non-hydrogen) atoms. The summed E-state index contributed by atoms with van der Waals surface area (Å²) in [6.45, 7) is -0.246. The van der Waals surface area contributed by atoms with Crippen LogP contribution in [-0.2, 0) is 16.1 Å². The number of esters is 1. The van der Waals surface area contributed by atoms with E-state index in [1.165, 1.54) is 25.3 Å². The maximum atomic E-state index is 14.0. The first-order chi connectivity index (χ1) is 17.5. The molecule has 2 heterocycles. The van der Waals surface area contributed by atoms with E-state index in [1.807, 2.05) is 16.7 Å². The van der Waals surface area contributed by atoms with Gasteiger partial charge in [-0.25, -0.2) is 18.7 Å². The smallest absolute Gasteiger partial charge is 0.308 e. The fraction of sp³-hybridized carbons (Fsp3) is 0.296. The van der Waals surface area contributed by atoms with Crippen LogP contribution in [-0.4, -0.2) is 27.4 Å². The van der Waals surface area contributed by atoms with Gasteiger partial charge in [0.2, 0.25) is 0 Å². The minimum absolute atomic E-state index is 0.0863. The molecule has 4 aromatic rings. The largest absolute Gasteiger partial charge is 0.489 e. The van der Waals surface area contributed by atoms with E-state index < -0.39 is 11.6 Å². The Morgan fingerprint density at radius 1 is 1.11 bits per heavy atom. The summed E-state index contributed by atoms with van der Waals surface area (Å²) in [5.74, 6) is 0.232. The predicted octanol–water partition coefficient (Wildman–Crippen LogP) is 5.28. The number of rotatable bonds is 6. The summed E-state index contributed by atoms with van der Waals surface area (Å²) in [4.78, 5) is 21.2. The molecule has 9 heteroatoms. The number of nitrogen functional groups attached to an aromatic ring is 1. The van der Waals surface area contributed by atoms with Crippen LogP contribution in [0.15, 0.2) is 54.9 Å². The lowest BCUT2D eigenvalue weighted by atomic mass is 9.81. The number of benzene rings is 2. The van der Waals surface area contributed by atoms with Gasteiger partial charge < -0.3 is 15.2 Å². The average Bonchev–Trinajstić information content (AvgIpc) is 3.29. The lowest BCUT2D eigenvalue weighted by molar-refractivity contribution is -0.146. The summed E-state index contributed by atoms with van der Waals surface area (Å²) in [7, 11) is 1.42. The summed E-state index contributed by atoms with van der Waals surface area (Å²) in [5.41, 5.74) is 8.22. The molecule has 2 aromatic carbocycles. The molecular weight excluding hydrogens is 466 g/mol. The molecular formula is C27H26F2N4O3. The van der Waals surface area contributed by atoms with E-state index in [0.29, 0.717) is 22.8 Å². The highest BCUT2D eigenvalue weighted by Gasteiger charge is 2.31. The lowest BCUT2D eigenvalue weighted by Gasteiger charge is -2.26. The first kappa shape index (κ1) is 23.7. The standard InChI is InChI=1S/C27H26F2N4O3/c1-35-27(34)17-10-8-16(9-11-17)26-32-23(24-25(30)31-12-13-33(24)26)18-4-2-5-19(14-18)36-15-20-21(28)6-3-7-22(20)29/h2-7,12-14,16-17H,8-11,15H2,1H3,(H2,30,31). The van der Waals surface area contributed by atoms with E-state index in [0.717, 1.165) is 37.1 Å². The molecule has 186 valence electrons. The number of aromatic nitrogens is 3. The Labute approximate surface area is 206 Å². The highest BCUT2D eigenvalue weighted by atomic mass is 19.1. The summed E-state index contributed by atoms with van der Waals surface area (Å²) < 4.78 is 40.6. The molecule has 0 amide bonds. The van der Waals surface area contributed by atoms with Gasteiger partial charge in [0.25, 0.3) is 0 Å². The second-order valence-electron chi connectivity index (χ2n) is 8.94. The van der Waals surface area contributed by atoms with Gasteiger partial charge in [-0.2, -0.15) is 0 Å². The first-order valence-corrected chi connectivity index (χ1v) is 11.8. The van der Waals surface area contributed by atoms with E-state index in [9.17, 15) is 13.6 Å². The highest BCUT2D eigenvalue weighted by Crippen LogP contribution is 2.39. The van der Waals surface area contributed by atoms with E-state index in [4.69, 9.17) is 20.2 Å². The van der Waals surface area contributed by atoms with Crippen molar-refractivity contribution in [2.24, 2.45) is 5.92 Å². The molecule has 5 rings (SSSR count). The number of nitrogens with zero attached hydrogens (tertiary/aromatic N) is 3. The van der Waals surface area contributed by atoms with Crippen LogP contribution >= 0.6 is 0 Å². The number of halogens is 2. The number of hydrogen-bond acceptors (Lipinski definition) is 6. The van der Waals surface area contributed by atoms with Crippen LogP contribution < -0.4 is 10.5 Å². The van der Waals surface area contributed by atoms with E-state index >= 15 is 0 Å². The van der Waals surface area contributed by atoms with Gasteiger partial charge in [0.05, 0.1) is 18.6 Å². The molecule has 0 saturated heterocycles. The second kappa shape index (κ2) is 9.93. The van der Waals surface area contributed by atoms with Crippen molar-refractivity contribution >= 4 is 17.3 Å². The maximum absolute atomic E-state index is 14.0. The Morgan fingerprint density at radius 3 is 2.56 bits per heavy atom. The lowest BCUT2D eigenvalue weighted by Crippen LogP contribution is -2.23. The Kier molecular flexibility index (Phi) is 6.54. The number of anilines is 1. The summed E-state index contributed by atoms with van der Waals surface area (Å²) >= 11 is 0. The zero-order valence-corrected chi connectivity index (χ0v) is 19.8. The van der Waals surface area contributed by atoms with Crippen LogP contribution in [0.4, 0.5) is 14.6 Å². The van der Waals surface area contributed by atoms with Crippen LogP contribution in [0.25, 0.3) is 16.8 Å². The first-order valence-electron chi connectivity index (χ1n) is 11.8. The third kappa shape index (κ3) is 4.48. The minimum Gasteiger partial charge on any atom is -0.489 e. The number of methoxy groups -OCH3 is 1. The topological polar surface area (TPSA) is 91.7 Å². The number of nitrogens with two attached hydrogens (primary N) is 1. The van der Waals surface area contributed by atoms with Gasteiger partial charge in [0.15, 0.2) is 0 Å². The molecule has 0 spiro atoms. The number of hydrogen-bond donors (Lipinski definition) is 1. The van der Waals surface area contributed by atoms with E-state index in [2.05, 4.69) is 4.98 Å². The van der Waals surface area contributed by atoms with Gasteiger partial charge in [-0.15, -0.1) is 0 Å². The maximum Gasteiger partial charge on any atom is 0.308 e. The Hall–Kier alpha value is -4.01. The van der Waals surface area contributed by atoms with Gasteiger partial charge >= 0.3 is 5.97 Å². The Balaban J connectivity index is 1.45. The Bertz CT molecular complexity index is 1390. The number of fused-ring (bicyclic) bond motifs is 1. The summed E-state index contributed by atoms with van der Waals surface area (Å²) in [5, 5.41) is 0. The number of ether oxygens (including phenoxy) is 2. The van der Waals surface area contributed by atoms with Crippen LogP contribution in [0.5, 0.6) is 5.75 Å². The SMILES string of the molecule is COC(=O)C1CCC(c2nc(-c3cccc(OCc4c(F)cccc4F)c3)c3c(N)nccn23)CC1. The molecule has 1 aliphatic rings.